The van der Waals surface area contributed by atoms with Gasteiger partial charge in [0.05, 0.1) is 24.8 Å². The zero-order valence-electron chi connectivity index (χ0n) is 26.9. The van der Waals surface area contributed by atoms with E-state index in [-0.39, 0.29) is 35.4 Å². The third-order valence-electron chi connectivity index (χ3n) is 7.49. The molecule has 0 aliphatic carbocycles. The highest BCUT2D eigenvalue weighted by Gasteiger charge is 2.35. The Morgan fingerprint density at radius 1 is 0.809 bits per heavy atom. The quantitative estimate of drug-likeness (QED) is 0.160. The Bertz CT molecular complexity index is 1740. The smallest absolute Gasteiger partial charge is 0.264 e. The van der Waals surface area contributed by atoms with Crippen LogP contribution >= 0.6 is 15.9 Å². The number of hydrogen-bond donors (Lipinski definition) is 1. The lowest BCUT2D eigenvalue weighted by Crippen LogP contribution is -2.53. The summed E-state index contributed by atoms with van der Waals surface area (Å²) in [5.74, 6) is 0.0108. The molecule has 1 N–H and O–H groups in total. The fourth-order valence-electron chi connectivity index (χ4n) is 4.99. The van der Waals surface area contributed by atoms with Gasteiger partial charge >= 0.3 is 0 Å². The predicted octanol–water partition coefficient (Wildman–Crippen LogP) is 6.07. The third-order valence-corrected chi connectivity index (χ3v) is 9.80. The summed E-state index contributed by atoms with van der Waals surface area (Å²) in [6, 6.07) is 28.5. The van der Waals surface area contributed by atoms with Crippen LogP contribution in [0.2, 0.25) is 0 Å². The second kappa shape index (κ2) is 16.5. The van der Waals surface area contributed by atoms with Gasteiger partial charge in [0.2, 0.25) is 11.8 Å². The first kappa shape index (κ1) is 35.5. The van der Waals surface area contributed by atoms with E-state index in [1.807, 2.05) is 68.4 Å². The van der Waals surface area contributed by atoms with Gasteiger partial charge in [-0.15, -0.1) is 0 Å². The molecule has 11 heteroatoms. The SMILES string of the molecule is COc1ccc(N(CC(=O)N(Cc2ccc(Br)cc2)[C@@H](Cc2ccccc2)C(=O)NCC(C)C)S(=O)(=O)c2ccccc2)cc1OC. The van der Waals surface area contributed by atoms with Crippen molar-refractivity contribution in [3.63, 3.8) is 0 Å². The van der Waals surface area contributed by atoms with Crippen molar-refractivity contribution in [1.29, 1.82) is 0 Å². The summed E-state index contributed by atoms with van der Waals surface area (Å²) in [7, 11) is -1.32. The average molecular weight is 723 g/mol. The molecule has 0 bridgehead atoms. The van der Waals surface area contributed by atoms with Gasteiger partial charge in [-0.1, -0.05) is 90.4 Å². The van der Waals surface area contributed by atoms with Crippen LogP contribution < -0.4 is 19.1 Å². The van der Waals surface area contributed by atoms with Gasteiger partial charge in [-0.05, 0) is 53.4 Å². The largest absolute Gasteiger partial charge is 0.493 e. The van der Waals surface area contributed by atoms with Crippen molar-refractivity contribution < 1.29 is 27.5 Å². The molecule has 4 aromatic rings. The molecule has 0 spiro atoms. The molecule has 1 atom stereocenters. The summed E-state index contributed by atoms with van der Waals surface area (Å²) in [5.41, 5.74) is 1.84. The van der Waals surface area contributed by atoms with Gasteiger partial charge < -0.3 is 19.7 Å². The summed E-state index contributed by atoms with van der Waals surface area (Å²) >= 11 is 3.46. The minimum Gasteiger partial charge on any atom is -0.493 e. The molecule has 248 valence electrons. The van der Waals surface area contributed by atoms with Crippen LogP contribution in [-0.2, 0) is 32.6 Å². The van der Waals surface area contributed by atoms with Crippen molar-refractivity contribution >= 4 is 43.5 Å². The lowest BCUT2D eigenvalue weighted by Gasteiger charge is -2.34. The van der Waals surface area contributed by atoms with Gasteiger partial charge in [-0.2, -0.15) is 0 Å². The zero-order chi connectivity index (χ0) is 34.0. The van der Waals surface area contributed by atoms with Crippen LogP contribution in [0.3, 0.4) is 0 Å². The summed E-state index contributed by atoms with van der Waals surface area (Å²) in [6.45, 7) is 3.90. The summed E-state index contributed by atoms with van der Waals surface area (Å²) in [5, 5.41) is 3.00. The van der Waals surface area contributed by atoms with Crippen LogP contribution in [0.25, 0.3) is 0 Å². The molecular formula is C36H40BrN3O6S. The third kappa shape index (κ3) is 9.36. The molecule has 2 amide bonds. The molecule has 4 aromatic carbocycles. The predicted molar refractivity (Wildman–Crippen MR) is 187 cm³/mol. The lowest BCUT2D eigenvalue weighted by molar-refractivity contribution is -0.140. The standard InChI is InChI=1S/C36H40BrN3O6S/c1-26(2)23-38-36(42)32(21-27-11-7-5-8-12-27)39(24-28-15-17-29(37)18-16-28)35(41)25-40(47(43,44)31-13-9-6-10-14-31)30-19-20-33(45-3)34(22-30)46-4/h5-20,22,26,32H,21,23-25H2,1-4H3,(H,38,42)/t32-/m0/s1. The Balaban J connectivity index is 1.82. The Labute approximate surface area is 285 Å². The van der Waals surface area contributed by atoms with Gasteiger partial charge in [-0.25, -0.2) is 8.42 Å². The number of sulfonamides is 1. The minimum absolute atomic E-state index is 0.0116. The number of amides is 2. The highest BCUT2D eigenvalue weighted by Crippen LogP contribution is 2.34. The van der Waals surface area contributed by atoms with E-state index in [2.05, 4.69) is 21.2 Å². The Morgan fingerprint density at radius 2 is 1.43 bits per heavy atom. The molecular weight excluding hydrogens is 682 g/mol. The summed E-state index contributed by atoms with van der Waals surface area (Å²) in [6.07, 6.45) is 0.231. The molecule has 0 aromatic heterocycles. The van der Waals surface area contributed by atoms with Crippen LogP contribution in [0.5, 0.6) is 11.5 Å². The van der Waals surface area contributed by atoms with E-state index in [1.165, 1.54) is 37.3 Å². The van der Waals surface area contributed by atoms with Crippen molar-refractivity contribution in [3.05, 3.63) is 119 Å². The van der Waals surface area contributed by atoms with Crippen molar-refractivity contribution in [1.82, 2.24) is 10.2 Å². The second-order valence-electron chi connectivity index (χ2n) is 11.4. The van der Waals surface area contributed by atoms with Crippen molar-refractivity contribution in [2.45, 2.75) is 37.8 Å². The fourth-order valence-corrected chi connectivity index (χ4v) is 6.68. The van der Waals surface area contributed by atoms with E-state index >= 15 is 0 Å². The number of nitrogens with zero attached hydrogens (tertiary/aromatic N) is 2. The number of ether oxygens (including phenoxy) is 2. The van der Waals surface area contributed by atoms with Crippen LogP contribution in [0.4, 0.5) is 5.69 Å². The zero-order valence-corrected chi connectivity index (χ0v) is 29.3. The van der Waals surface area contributed by atoms with E-state index in [0.29, 0.717) is 18.0 Å². The normalized spacial score (nSPS) is 11.9. The maximum absolute atomic E-state index is 14.6. The summed E-state index contributed by atoms with van der Waals surface area (Å²) in [4.78, 5) is 30.0. The molecule has 0 saturated carbocycles. The Kier molecular flexibility index (Phi) is 12.4. The van der Waals surface area contributed by atoms with E-state index in [9.17, 15) is 18.0 Å². The molecule has 0 heterocycles. The first-order chi connectivity index (χ1) is 22.5. The van der Waals surface area contributed by atoms with Crippen LogP contribution in [-0.4, -0.2) is 58.5 Å². The number of halogens is 1. The number of benzene rings is 4. The van der Waals surface area contributed by atoms with E-state index in [0.717, 1.165) is 19.9 Å². The molecule has 0 aliphatic rings. The number of rotatable bonds is 15. The van der Waals surface area contributed by atoms with E-state index in [4.69, 9.17) is 9.47 Å². The van der Waals surface area contributed by atoms with Gasteiger partial charge in [0.1, 0.15) is 12.6 Å². The highest BCUT2D eigenvalue weighted by molar-refractivity contribution is 9.10. The van der Waals surface area contributed by atoms with E-state index < -0.39 is 28.5 Å². The van der Waals surface area contributed by atoms with Gasteiger partial charge in [0.15, 0.2) is 11.5 Å². The van der Waals surface area contributed by atoms with E-state index in [1.54, 1.807) is 30.3 Å². The van der Waals surface area contributed by atoms with Crippen molar-refractivity contribution in [2.75, 3.05) is 31.6 Å². The first-order valence-corrected chi connectivity index (χ1v) is 17.4. The number of hydrogen-bond acceptors (Lipinski definition) is 6. The number of carbonyl (C=O) groups is 2. The minimum atomic E-state index is -4.25. The fraction of sp³-hybridized carbons (Fsp3) is 0.278. The first-order valence-electron chi connectivity index (χ1n) is 15.2. The maximum Gasteiger partial charge on any atom is 0.264 e. The second-order valence-corrected chi connectivity index (χ2v) is 14.1. The van der Waals surface area contributed by atoms with Crippen molar-refractivity contribution in [2.24, 2.45) is 5.92 Å². The Morgan fingerprint density at radius 3 is 2.02 bits per heavy atom. The van der Waals surface area contributed by atoms with Gasteiger partial charge in [-0.3, -0.25) is 13.9 Å². The average Bonchev–Trinajstić information content (AvgIpc) is 3.08. The molecule has 9 nitrogen and oxygen atoms in total. The molecule has 0 unspecified atom stereocenters. The monoisotopic (exact) mass is 721 g/mol. The lowest BCUT2D eigenvalue weighted by atomic mass is 10.0. The molecule has 0 aliphatic heterocycles. The topological polar surface area (TPSA) is 105 Å². The Hall–Kier alpha value is -4.35. The van der Waals surface area contributed by atoms with Gasteiger partial charge in [0, 0.05) is 30.0 Å². The van der Waals surface area contributed by atoms with Crippen molar-refractivity contribution in [3.8, 4) is 11.5 Å². The number of methoxy groups -OCH3 is 2. The van der Waals surface area contributed by atoms with Crippen LogP contribution in [0.1, 0.15) is 25.0 Å². The maximum atomic E-state index is 14.6. The summed E-state index contributed by atoms with van der Waals surface area (Å²) < 4.78 is 41.2. The highest BCUT2D eigenvalue weighted by atomic mass is 79.9. The molecule has 0 saturated heterocycles. The number of carbonyl (C=O) groups excluding carboxylic acids is 2. The molecule has 4 rings (SSSR count). The van der Waals surface area contributed by atoms with Crippen LogP contribution in [0.15, 0.2) is 112 Å². The molecule has 47 heavy (non-hydrogen) atoms. The molecule has 0 fully saturated rings. The van der Waals surface area contributed by atoms with Gasteiger partial charge in [0.25, 0.3) is 10.0 Å². The number of nitrogens with one attached hydrogen (secondary N) is 1. The number of anilines is 1. The van der Waals surface area contributed by atoms with Crippen LogP contribution in [0, 0.1) is 5.92 Å². The molecule has 0 radical (unpaired) electrons.